The van der Waals surface area contributed by atoms with Gasteiger partial charge in [0.1, 0.15) is 0 Å². The summed E-state index contributed by atoms with van der Waals surface area (Å²) >= 11 is 0. The van der Waals surface area contributed by atoms with Gasteiger partial charge in [0, 0.05) is 12.4 Å². The minimum Gasteiger partial charge on any atom is -0.395 e. The molecule has 0 saturated carbocycles. The molecule has 0 bridgehead atoms. The van der Waals surface area contributed by atoms with Gasteiger partial charge >= 0.3 is 0 Å². The van der Waals surface area contributed by atoms with Crippen LogP contribution in [0, 0.1) is 13.8 Å². The van der Waals surface area contributed by atoms with Crippen LogP contribution in [-0.4, -0.2) is 14.8 Å². The fraction of sp³-hybridized carbons (Fsp3) is 0.200. The standard InChI is InChI=1S/C10H12N4/c1-7-3-5-12-10(9(7)11)14-6-4-8(2)13-14/h3-6H,11H2,1-2H3. The molecule has 0 aromatic carbocycles. The van der Waals surface area contributed by atoms with Gasteiger partial charge < -0.3 is 5.73 Å². The predicted octanol–water partition coefficient (Wildman–Crippen LogP) is 1.47. The minimum atomic E-state index is 0.676. The van der Waals surface area contributed by atoms with Crippen LogP contribution in [0.1, 0.15) is 11.3 Å². The van der Waals surface area contributed by atoms with Gasteiger partial charge in [-0.15, -0.1) is 0 Å². The molecular formula is C10H12N4. The lowest BCUT2D eigenvalue weighted by molar-refractivity contribution is 0.834. The van der Waals surface area contributed by atoms with E-state index in [9.17, 15) is 0 Å². The first kappa shape index (κ1) is 8.74. The fourth-order valence-electron chi connectivity index (χ4n) is 1.27. The highest BCUT2D eigenvalue weighted by Crippen LogP contribution is 2.17. The lowest BCUT2D eigenvalue weighted by atomic mass is 10.2. The Morgan fingerprint density at radius 2 is 2.07 bits per heavy atom. The van der Waals surface area contributed by atoms with Crippen LogP contribution in [0.4, 0.5) is 5.69 Å². The fourth-order valence-corrected chi connectivity index (χ4v) is 1.27. The molecule has 14 heavy (non-hydrogen) atoms. The summed E-state index contributed by atoms with van der Waals surface area (Å²) in [7, 11) is 0. The third kappa shape index (κ3) is 1.35. The Morgan fingerprint density at radius 1 is 1.29 bits per heavy atom. The van der Waals surface area contributed by atoms with Crippen molar-refractivity contribution >= 4 is 5.69 Å². The number of anilines is 1. The van der Waals surface area contributed by atoms with E-state index in [4.69, 9.17) is 5.73 Å². The average Bonchev–Trinajstić information content (AvgIpc) is 2.57. The molecule has 2 heterocycles. The highest BCUT2D eigenvalue weighted by atomic mass is 15.3. The molecule has 0 unspecified atom stereocenters. The number of rotatable bonds is 1. The van der Waals surface area contributed by atoms with Crippen LogP contribution in [0.2, 0.25) is 0 Å². The Bertz CT molecular complexity index is 459. The van der Waals surface area contributed by atoms with Gasteiger partial charge in [-0.3, -0.25) is 0 Å². The Hall–Kier alpha value is -1.84. The molecule has 0 aliphatic carbocycles. The maximum absolute atomic E-state index is 5.90. The van der Waals surface area contributed by atoms with Crippen molar-refractivity contribution in [3.63, 3.8) is 0 Å². The second-order valence-electron chi connectivity index (χ2n) is 3.27. The van der Waals surface area contributed by atoms with Gasteiger partial charge in [0.15, 0.2) is 5.82 Å². The molecular weight excluding hydrogens is 176 g/mol. The lowest BCUT2D eigenvalue weighted by Crippen LogP contribution is -2.04. The van der Waals surface area contributed by atoms with E-state index in [-0.39, 0.29) is 0 Å². The monoisotopic (exact) mass is 188 g/mol. The van der Waals surface area contributed by atoms with E-state index in [1.165, 1.54) is 0 Å². The zero-order valence-electron chi connectivity index (χ0n) is 8.23. The molecule has 0 spiro atoms. The van der Waals surface area contributed by atoms with E-state index in [2.05, 4.69) is 10.1 Å². The van der Waals surface area contributed by atoms with E-state index in [0.29, 0.717) is 11.5 Å². The van der Waals surface area contributed by atoms with Gasteiger partial charge in [-0.1, -0.05) is 0 Å². The summed E-state index contributed by atoms with van der Waals surface area (Å²) in [6, 6.07) is 3.80. The van der Waals surface area contributed by atoms with Gasteiger partial charge in [0.25, 0.3) is 0 Å². The minimum absolute atomic E-state index is 0.676. The maximum Gasteiger partial charge on any atom is 0.176 e. The van der Waals surface area contributed by atoms with Crippen LogP contribution in [0.5, 0.6) is 0 Å². The van der Waals surface area contributed by atoms with Crippen LogP contribution < -0.4 is 5.73 Å². The Labute approximate surface area is 82.4 Å². The molecule has 0 aliphatic rings. The van der Waals surface area contributed by atoms with Crippen LogP contribution in [-0.2, 0) is 0 Å². The van der Waals surface area contributed by atoms with Gasteiger partial charge in [-0.25, -0.2) is 9.67 Å². The molecule has 2 aromatic rings. The third-order valence-corrected chi connectivity index (χ3v) is 2.13. The molecule has 2 N–H and O–H groups in total. The maximum atomic E-state index is 5.90. The second kappa shape index (κ2) is 3.14. The first-order valence-corrected chi connectivity index (χ1v) is 4.42. The van der Waals surface area contributed by atoms with Crippen molar-refractivity contribution in [1.82, 2.24) is 14.8 Å². The number of hydrogen-bond acceptors (Lipinski definition) is 3. The van der Waals surface area contributed by atoms with Gasteiger partial charge in [0.05, 0.1) is 11.4 Å². The number of nitrogens with zero attached hydrogens (tertiary/aromatic N) is 3. The molecule has 2 rings (SSSR count). The molecule has 4 heteroatoms. The number of nitrogens with two attached hydrogens (primary N) is 1. The van der Waals surface area contributed by atoms with Gasteiger partial charge in [0.2, 0.25) is 0 Å². The van der Waals surface area contributed by atoms with E-state index in [1.54, 1.807) is 10.9 Å². The summed E-state index contributed by atoms with van der Waals surface area (Å²) in [6.45, 7) is 3.89. The molecule has 0 aliphatic heterocycles. The molecule has 72 valence electrons. The predicted molar refractivity (Wildman–Crippen MR) is 55.2 cm³/mol. The summed E-state index contributed by atoms with van der Waals surface area (Å²) in [5.41, 5.74) is 8.55. The molecule has 0 radical (unpaired) electrons. The van der Waals surface area contributed by atoms with Crippen molar-refractivity contribution in [2.75, 3.05) is 5.73 Å². The van der Waals surface area contributed by atoms with Crippen LogP contribution in [0.25, 0.3) is 5.82 Å². The molecule has 0 atom stereocenters. The highest BCUT2D eigenvalue weighted by molar-refractivity contribution is 5.57. The zero-order valence-corrected chi connectivity index (χ0v) is 8.23. The van der Waals surface area contributed by atoms with E-state index in [1.807, 2.05) is 32.2 Å². The summed E-state index contributed by atoms with van der Waals surface area (Å²) in [6.07, 6.45) is 3.59. The average molecular weight is 188 g/mol. The van der Waals surface area contributed by atoms with E-state index < -0.39 is 0 Å². The van der Waals surface area contributed by atoms with Crippen molar-refractivity contribution in [2.24, 2.45) is 0 Å². The zero-order chi connectivity index (χ0) is 10.1. The smallest absolute Gasteiger partial charge is 0.176 e. The first-order chi connectivity index (χ1) is 6.68. The quantitative estimate of drug-likeness (QED) is 0.737. The van der Waals surface area contributed by atoms with Gasteiger partial charge in [-0.2, -0.15) is 5.10 Å². The van der Waals surface area contributed by atoms with Crippen molar-refractivity contribution < 1.29 is 0 Å². The Balaban J connectivity index is 2.57. The van der Waals surface area contributed by atoms with E-state index in [0.717, 1.165) is 11.3 Å². The number of nitrogen functional groups attached to an aromatic ring is 1. The normalized spacial score (nSPS) is 10.4. The number of hydrogen-bond donors (Lipinski definition) is 1. The lowest BCUT2D eigenvalue weighted by Gasteiger charge is -2.06. The number of aromatic nitrogens is 3. The molecule has 4 nitrogen and oxygen atoms in total. The number of pyridine rings is 1. The van der Waals surface area contributed by atoms with Crippen molar-refractivity contribution in [1.29, 1.82) is 0 Å². The Morgan fingerprint density at radius 3 is 2.71 bits per heavy atom. The largest absolute Gasteiger partial charge is 0.395 e. The first-order valence-electron chi connectivity index (χ1n) is 4.42. The Kier molecular flexibility index (Phi) is 1.96. The summed E-state index contributed by atoms with van der Waals surface area (Å²) in [4.78, 5) is 4.20. The van der Waals surface area contributed by atoms with Crippen LogP contribution >= 0.6 is 0 Å². The van der Waals surface area contributed by atoms with E-state index >= 15 is 0 Å². The van der Waals surface area contributed by atoms with Crippen LogP contribution in [0.15, 0.2) is 24.5 Å². The summed E-state index contributed by atoms with van der Waals surface area (Å²) in [5, 5.41) is 4.26. The molecule has 0 fully saturated rings. The molecule has 0 amide bonds. The van der Waals surface area contributed by atoms with Gasteiger partial charge in [-0.05, 0) is 31.5 Å². The summed E-state index contributed by atoms with van der Waals surface area (Å²) in [5.74, 6) is 0.693. The third-order valence-electron chi connectivity index (χ3n) is 2.13. The second-order valence-corrected chi connectivity index (χ2v) is 3.27. The van der Waals surface area contributed by atoms with Crippen LogP contribution in [0.3, 0.4) is 0 Å². The van der Waals surface area contributed by atoms with Crippen molar-refractivity contribution in [2.45, 2.75) is 13.8 Å². The van der Waals surface area contributed by atoms with Crippen molar-refractivity contribution in [3.8, 4) is 5.82 Å². The summed E-state index contributed by atoms with van der Waals surface area (Å²) < 4.78 is 1.69. The van der Waals surface area contributed by atoms with Crippen molar-refractivity contribution in [3.05, 3.63) is 35.8 Å². The number of aryl methyl sites for hydroxylation is 2. The SMILES string of the molecule is Cc1ccn(-c2nccc(C)c2N)n1. The molecule has 2 aromatic heterocycles. The molecule has 0 saturated heterocycles. The highest BCUT2D eigenvalue weighted by Gasteiger charge is 2.05. The topological polar surface area (TPSA) is 56.7 Å².